The molecule has 0 aliphatic carbocycles. The van der Waals surface area contributed by atoms with Crippen molar-refractivity contribution >= 4 is 0 Å². The average molecular weight is 204 g/mol. The molecule has 1 atom stereocenters. The summed E-state index contributed by atoms with van der Waals surface area (Å²) in [5.74, 6) is 0. The van der Waals surface area contributed by atoms with E-state index in [2.05, 4.69) is 11.4 Å². The number of nitriles is 1. The van der Waals surface area contributed by atoms with E-state index in [0.717, 1.165) is 6.42 Å². The van der Waals surface area contributed by atoms with E-state index in [0.29, 0.717) is 13.0 Å². The van der Waals surface area contributed by atoms with E-state index in [1.807, 2.05) is 30.3 Å². The Balaban J connectivity index is 2.37. The topological polar surface area (TPSA) is 56.0 Å². The molecule has 0 radical (unpaired) electrons. The number of hydrogen-bond acceptors (Lipinski definition) is 3. The Morgan fingerprint density at radius 3 is 2.67 bits per heavy atom. The quantitative estimate of drug-likeness (QED) is 0.682. The first-order chi connectivity index (χ1) is 7.36. The van der Waals surface area contributed by atoms with Crippen LogP contribution in [0.25, 0.3) is 0 Å². The number of nitrogens with zero attached hydrogens (tertiary/aromatic N) is 1. The molecule has 0 aliphatic heterocycles. The van der Waals surface area contributed by atoms with Gasteiger partial charge in [0.15, 0.2) is 0 Å². The number of aliphatic hydroxyl groups excluding tert-OH is 1. The van der Waals surface area contributed by atoms with Crippen LogP contribution in [0.1, 0.15) is 12.0 Å². The maximum Gasteiger partial charge on any atom is 0.0635 e. The Bertz CT molecular complexity index is 305. The number of nitrogens with one attached hydrogen (secondary N) is 1. The minimum atomic E-state index is 0.0424. The van der Waals surface area contributed by atoms with E-state index in [-0.39, 0.29) is 12.6 Å². The standard InChI is InChI=1S/C12H16N2O/c13-7-4-8-14-12(10-15)9-11-5-2-1-3-6-11/h1-3,5-6,12,14-15H,4,8-10H2. The fourth-order valence-corrected chi connectivity index (χ4v) is 1.43. The second kappa shape index (κ2) is 6.99. The van der Waals surface area contributed by atoms with Gasteiger partial charge in [-0.25, -0.2) is 0 Å². The van der Waals surface area contributed by atoms with E-state index in [1.54, 1.807) is 0 Å². The smallest absolute Gasteiger partial charge is 0.0635 e. The SMILES string of the molecule is N#CCCNC(CO)Cc1ccccc1. The fraction of sp³-hybridized carbons (Fsp3) is 0.417. The lowest BCUT2D eigenvalue weighted by atomic mass is 10.1. The third-order valence-electron chi connectivity index (χ3n) is 2.22. The molecule has 3 nitrogen and oxygen atoms in total. The van der Waals surface area contributed by atoms with E-state index in [4.69, 9.17) is 10.4 Å². The molecule has 0 heterocycles. The molecule has 0 aromatic heterocycles. The summed E-state index contributed by atoms with van der Waals surface area (Å²) >= 11 is 0. The predicted octanol–water partition coefficient (Wildman–Crippen LogP) is 1.09. The molecule has 0 aliphatic rings. The molecule has 1 aromatic rings. The van der Waals surface area contributed by atoms with Crippen LogP contribution in [-0.4, -0.2) is 24.3 Å². The molecule has 0 saturated heterocycles. The highest BCUT2D eigenvalue weighted by atomic mass is 16.3. The minimum Gasteiger partial charge on any atom is -0.395 e. The lowest BCUT2D eigenvalue weighted by Gasteiger charge is -2.15. The van der Waals surface area contributed by atoms with Crippen molar-refractivity contribution in [3.63, 3.8) is 0 Å². The third-order valence-corrected chi connectivity index (χ3v) is 2.22. The van der Waals surface area contributed by atoms with Crippen molar-refractivity contribution in [2.24, 2.45) is 0 Å². The van der Waals surface area contributed by atoms with Gasteiger partial charge < -0.3 is 10.4 Å². The van der Waals surface area contributed by atoms with E-state index in [1.165, 1.54) is 5.56 Å². The minimum absolute atomic E-state index is 0.0424. The summed E-state index contributed by atoms with van der Waals surface area (Å²) in [7, 11) is 0. The lowest BCUT2D eigenvalue weighted by molar-refractivity contribution is 0.242. The molecule has 2 N–H and O–H groups in total. The average Bonchev–Trinajstić information content (AvgIpc) is 2.29. The van der Waals surface area contributed by atoms with E-state index in [9.17, 15) is 0 Å². The summed E-state index contributed by atoms with van der Waals surface area (Å²) in [5.41, 5.74) is 1.20. The fourth-order valence-electron chi connectivity index (χ4n) is 1.43. The number of rotatable bonds is 6. The molecular formula is C12H16N2O. The maximum atomic E-state index is 9.14. The van der Waals surface area contributed by atoms with Gasteiger partial charge in [0.05, 0.1) is 12.7 Å². The summed E-state index contributed by atoms with van der Waals surface area (Å²) in [4.78, 5) is 0. The van der Waals surface area contributed by atoms with Gasteiger partial charge in [-0.05, 0) is 12.0 Å². The highest BCUT2D eigenvalue weighted by Crippen LogP contribution is 2.02. The monoisotopic (exact) mass is 204 g/mol. The Hall–Kier alpha value is -1.37. The van der Waals surface area contributed by atoms with Gasteiger partial charge in [-0.3, -0.25) is 0 Å². The molecule has 0 saturated carbocycles. The van der Waals surface area contributed by atoms with Gasteiger partial charge in [0.25, 0.3) is 0 Å². The van der Waals surface area contributed by atoms with Crippen LogP contribution in [0.2, 0.25) is 0 Å². The number of hydrogen-bond donors (Lipinski definition) is 2. The van der Waals surface area contributed by atoms with E-state index < -0.39 is 0 Å². The van der Waals surface area contributed by atoms with Crippen LogP contribution in [0.15, 0.2) is 30.3 Å². The maximum absolute atomic E-state index is 9.14. The zero-order valence-corrected chi connectivity index (χ0v) is 8.69. The number of aliphatic hydroxyl groups is 1. The summed E-state index contributed by atoms with van der Waals surface area (Å²) in [6.45, 7) is 0.731. The molecular weight excluding hydrogens is 188 g/mol. The van der Waals surface area contributed by atoms with Crippen molar-refractivity contribution in [3.8, 4) is 6.07 Å². The van der Waals surface area contributed by atoms with Gasteiger partial charge in [-0.15, -0.1) is 0 Å². The summed E-state index contributed by atoms with van der Waals surface area (Å²) in [6, 6.07) is 12.1. The van der Waals surface area contributed by atoms with Crippen molar-refractivity contribution in [2.45, 2.75) is 18.9 Å². The molecule has 3 heteroatoms. The molecule has 80 valence electrons. The number of benzene rings is 1. The summed E-state index contributed by atoms with van der Waals surface area (Å²) in [6.07, 6.45) is 1.27. The molecule has 0 spiro atoms. The lowest BCUT2D eigenvalue weighted by Crippen LogP contribution is -2.35. The van der Waals surface area contributed by atoms with Crippen molar-refractivity contribution in [3.05, 3.63) is 35.9 Å². The van der Waals surface area contributed by atoms with Crippen LogP contribution in [0.3, 0.4) is 0 Å². The molecule has 1 aromatic carbocycles. The first-order valence-corrected chi connectivity index (χ1v) is 5.12. The van der Waals surface area contributed by atoms with Gasteiger partial charge >= 0.3 is 0 Å². The third kappa shape index (κ3) is 4.59. The van der Waals surface area contributed by atoms with Crippen LogP contribution >= 0.6 is 0 Å². The summed E-state index contributed by atoms with van der Waals surface area (Å²) < 4.78 is 0. The Morgan fingerprint density at radius 2 is 2.07 bits per heavy atom. The summed E-state index contributed by atoms with van der Waals surface area (Å²) in [5, 5.41) is 20.7. The molecule has 0 amide bonds. The predicted molar refractivity (Wildman–Crippen MR) is 59.3 cm³/mol. The van der Waals surface area contributed by atoms with E-state index >= 15 is 0 Å². The Labute approximate surface area is 90.4 Å². The molecule has 15 heavy (non-hydrogen) atoms. The van der Waals surface area contributed by atoms with Gasteiger partial charge in [-0.1, -0.05) is 30.3 Å². The molecule has 1 unspecified atom stereocenters. The van der Waals surface area contributed by atoms with Crippen LogP contribution < -0.4 is 5.32 Å². The zero-order valence-electron chi connectivity index (χ0n) is 8.69. The van der Waals surface area contributed by atoms with Gasteiger partial charge in [0.2, 0.25) is 0 Å². The van der Waals surface area contributed by atoms with Crippen LogP contribution in [0.5, 0.6) is 0 Å². The first kappa shape index (κ1) is 11.7. The van der Waals surface area contributed by atoms with Gasteiger partial charge in [-0.2, -0.15) is 5.26 Å². The van der Waals surface area contributed by atoms with Crippen molar-refractivity contribution in [1.82, 2.24) is 5.32 Å². The van der Waals surface area contributed by atoms with Crippen molar-refractivity contribution < 1.29 is 5.11 Å². The van der Waals surface area contributed by atoms with Crippen LogP contribution in [0, 0.1) is 11.3 Å². The normalized spacial score (nSPS) is 12.0. The second-order valence-corrected chi connectivity index (χ2v) is 3.43. The molecule has 0 bridgehead atoms. The highest BCUT2D eigenvalue weighted by Gasteiger charge is 2.06. The molecule has 1 rings (SSSR count). The highest BCUT2D eigenvalue weighted by molar-refractivity contribution is 5.15. The Kier molecular flexibility index (Phi) is 5.46. The van der Waals surface area contributed by atoms with Gasteiger partial charge in [0, 0.05) is 19.0 Å². The van der Waals surface area contributed by atoms with Gasteiger partial charge in [0.1, 0.15) is 0 Å². The Morgan fingerprint density at radius 1 is 1.33 bits per heavy atom. The largest absolute Gasteiger partial charge is 0.395 e. The van der Waals surface area contributed by atoms with Crippen molar-refractivity contribution in [2.75, 3.05) is 13.2 Å². The van der Waals surface area contributed by atoms with Crippen LogP contribution in [0.4, 0.5) is 0 Å². The van der Waals surface area contributed by atoms with Crippen molar-refractivity contribution in [1.29, 1.82) is 5.26 Å². The second-order valence-electron chi connectivity index (χ2n) is 3.43. The molecule has 0 fully saturated rings. The zero-order chi connectivity index (χ0) is 10.9. The first-order valence-electron chi connectivity index (χ1n) is 5.12. The van der Waals surface area contributed by atoms with Crippen LogP contribution in [-0.2, 0) is 6.42 Å².